The van der Waals surface area contributed by atoms with Crippen LogP contribution >= 0.6 is 11.6 Å². The average Bonchev–Trinajstić information content (AvgIpc) is 2.91. The van der Waals surface area contributed by atoms with Crippen molar-refractivity contribution >= 4 is 28.2 Å². The molecule has 108 valence electrons. The number of hydrogen-bond acceptors (Lipinski definition) is 3. The first-order valence-corrected chi connectivity index (χ1v) is 6.84. The van der Waals surface area contributed by atoms with Crippen LogP contribution in [0.4, 0.5) is 4.39 Å². The van der Waals surface area contributed by atoms with Crippen molar-refractivity contribution in [1.82, 2.24) is 19.8 Å². The van der Waals surface area contributed by atoms with Crippen LogP contribution in [0.3, 0.4) is 0 Å². The fraction of sp³-hybridized carbons (Fsp3) is 0. The summed E-state index contributed by atoms with van der Waals surface area (Å²) in [5.41, 5.74) is 1.56. The van der Waals surface area contributed by atoms with E-state index in [1.807, 2.05) is 6.07 Å². The van der Waals surface area contributed by atoms with Crippen molar-refractivity contribution in [3.8, 4) is 11.3 Å². The van der Waals surface area contributed by atoms with Crippen molar-refractivity contribution in [2.45, 2.75) is 0 Å². The summed E-state index contributed by atoms with van der Waals surface area (Å²) >= 11 is 6.07. The molecule has 1 N–H and O–H groups in total. The fourth-order valence-corrected chi connectivity index (χ4v) is 2.70. The summed E-state index contributed by atoms with van der Waals surface area (Å²) in [6.07, 6.45) is 0. The molecular formula is C15H8ClFN4O. The normalized spacial score (nSPS) is 11.4. The maximum Gasteiger partial charge on any atom is 0.281 e. The number of aromatic nitrogens is 4. The van der Waals surface area contributed by atoms with E-state index < -0.39 is 5.82 Å². The molecule has 0 radical (unpaired) electrons. The molecule has 0 unspecified atom stereocenters. The zero-order valence-corrected chi connectivity index (χ0v) is 11.8. The Morgan fingerprint density at radius 3 is 2.82 bits per heavy atom. The highest BCUT2D eigenvalue weighted by Crippen LogP contribution is 2.29. The van der Waals surface area contributed by atoms with Crippen molar-refractivity contribution in [1.29, 1.82) is 0 Å². The van der Waals surface area contributed by atoms with Gasteiger partial charge in [-0.15, -0.1) is 0 Å². The molecule has 0 atom stereocenters. The second kappa shape index (κ2) is 4.64. The van der Waals surface area contributed by atoms with Crippen molar-refractivity contribution < 1.29 is 4.39 Å². The average molecular weight is 315 g/mol. The summed E-state index contributed by atoms with van der Waals surface area (Å²) in [4.78, 5) is 16.2. The summed E-state index contributed by atoms with van der Waals surface area (Å²) in [7, 11) is 0. The zero-order chi connectivity index (χ0) is 15.3. The van der Waals surface area contributed by atoms with Gasteiger partial charge >= 0.3 is 0 Å². The third-order valence-electron chi connectivity index (χ3n) is 3.45. The number of hydrogen-bond donors (Lipinski definition) is 1. The molecule has 0 bridgehead atoms. The maximum absolute atomic E-state index is 13.2. The first-order chi connectivity index (χ1) is 10.6. The monoisotopic (exact) mass is 314 g/mol. The molecule has 5 nitrogen and oxygen atoms in total. The highest BCUT2D eigenvalue weighted by atomic mass is 35.5. The van der Waals surface area contributed by atoms with E-state index in [4.69, 9.17) is 11.6 Å². The van der Waals surface area contributed by atoms with Gasteiger partial charge in [0.1, 0.15) is 11.5 Å². The summed E-state index contributed by atoms with van der Waals surface area (Å²) in [6, 6.07) is 11.1. The minimum atomic E-state index is -0.441. The summed E-state index contributed by atoms with van der Waals surface area (Å²) in [5, 5.41) is 7.68. The largest absolute Gasteiger partial charge is 0.281 e. The quantitative estimate of drug-likeness (QED) is 0.587. The molecule has 0 fully saturated rings. The number of para-hydroxylation sites is 1. The van der Waals surface area contributed by atoms with Crippen LogP contribution in [0, 0.1) is 5.82 Å². The van der Waals surface area contributed by atoms with E-state index in [-0.39, 0.29) is 10.6 Å². The Labute approximate surface area is 128 Å². The molecule has 2 heterocycles. The van der Waals surface area contributed by atoms with Gasteiger partial charge in [-0.25, -0.2) is 14.1 Å². The summed E-state index contributed by atoms with van der Waals surface area (Å²) in [6.45, 7) is 0. The van der Waals surface area contributed by atoms with E-state index in [1.54, 1.807) is 22.7 Å². The Bertz CT molecular complexity index is 1090. The fourth-order valence-electron chi connectivity index (χ4n) is 2.44. The molecular weight excluding hydrogens is 307 g/mol. The van der Waals surface area contributed by atoms with Crippen LogP contribution < -0.4 is 5.56 Å². The van der Waals surface area contributed by atoms with Gasteiger partial charge in [-0.3, -0.25) is 4.79 Å². The minimum absolute atomic E-state index is 0.205. The molecule has 0 saturated carbocycles. The molecule has 2 aromatic heterocycles. The molecule has 0 aliphatic carbocycles. The van der Waals surface area contributed by atoms with E-state index >= 15 is 0 Å². The van der Waals surface area contributed by atoms with Crippen molar-refractivity contribution in [3.05, 3.63) is 63.7 Å². The van der Waals surface area contributed by atoms with E-state index in [9.17, 15) is 9.18 Å². The van der Waals surface area contributed by atoms with Crippen LogP contribution in [-0.2, 0) is 0 Å². The Morgan fingerprint density at radius 1 is 1.18 bits per heavy atom. The van der Waals surface area contributed by atoms with Gasteiger partial charge < -0.3 is 0 Å². The molecule has 0 aliphatic heterocycles. The Kier molecular flexibility index (Phi) is 2.74. The molecule has 4 rings (SSSR count). The van der Waals surface area contributed by atoms with Gasteiger partial charge in [0.2, 0.25) is 0 Å². The van der Waals surface area contributed by atoms with Crippen LogP contribution in [-0.4, -0.2) is 19.8 Å². The maximum atomic E-state index is 13.2. The molecule has 0 spiro atoms. The number of fused-ring (bicyclic) bond motifs is 3. The number of benzene rings is 2. The highest BCUT2D eigenvalue weighted by Gasteiger charge is 2.16. The van der Waals surface area contributed by atoms with Gasteiger partial charge in [-0.2, -0.15) is 10.1 Å². The minimum Gasteiger partial charge on any atom is -0.267 e. The third kappa shape index (κ3) is 1.81. The van der Waals surface area contributed by atoms with Gasteiger partial charge in [-0.05, 0) is 30.3 Å². The van der Waals surface area contributed by atoms with Gasteiger partial charge in [0, 0.05) is 5.56 Å². The van der Waals surface area contributed by atoms with E-state index in [1.165, 1.54) is 18.2 Å². The van der Waals surface area contributed by atoms with Gasteiger partial charge in [-0.1, -0.05) is 23.7 Å². The van der Waals surface area contributed by atoms with E-state index in [0.717, 1.165) is 0 Å². The lowest BCUT2D eigenvalue weighted by Crippen LogP contribution is -2.10. The van der Waals surface area contributed by atoms with Crippen LogP contribution in [0.1, 0.15) is 0 Å². The van der Waals surface area contributed by atoms with Crippen molar-refractivity contribution in [2.75, 3.05) is 0 Å². The van der Waals surface area contributed by atoms with Crippen LogP contribution in [0.15, 0.2) is 47.3 Å². The summed E-state index contributed by atoms with van der Waals surface area (Å²) < 4.78 is 14.8. The third-order valence-corrected chi connectivity index (χ3v) is 3.77. The van der Waals surface area contributed by atoms with Gasteiger partial charge in [0.05, 0.1) is 15.9 Å². The van der Waals surface area contributed by atoms with Gasteiger partial charge in [0.25, 0.3) is 5.56 Å². The number of halogens is 2. The van der Waals surface area contributed by atoms with Gasteiger partial charge in [0.15, 0.2) is 5.65 Å². The Hall–Kier alpha value is -2.73. The first-order valence-electron chi connectivity index (χ1n) is 6.46. The lowest BCUT2D eigenvalue weighted by Gasteiger charge is -2.02. The van der Waals surface area contributed by atoms with E-state index in [0.29, 0.717) is 27.8 Å². The zero-order valence-electron chi connectivity index (χ0n) is 11.0. The van der Waals surface area contributed by atoms with Crippen molar-refractivity contribution in [3.63, 3.8) is 0 Å². The van der Waals surface area contributed by atoms with Crippen LogP contribution in [0.5, 0.6) is 0 Å². The predicted octanol–water partition coefficient (Wildman–Crippen LogP) is 3.03. The second-order valence-corrected chi connectivity index (χ2v) is 5.18. The molecule has 0 saturated heterocycles. The number of rotatable bonds is 1. The lowest BCUT2D eigenvalue weighted by atomic mass is 10.1. The molecule has 2 aromatic carbocycles. The van der Waals surface area contributed by atoms with Crippen LogP contribution in [0.25, 0.3) is 27.8 Å². The number of nitrogens with zero attached hydrogens (tertiary/aromatic N) is 3. The highest BCUT2D eigenvalue weighted by molar-refractivity contribution is 6.33. The first kappa shape index (κ1) is 13.0. The Morgan fingerprint density at radius 2 is 2.00 bits per heavy atom. The number of H-pyrrole nitrogens is 1. The lowest BCUT2D eigenvalue weighted by molar-refractivity contribution is 0.628. The van der Waals surface area contributed by atoms with E-state index in [2.05, 4.69) is 15.3 Å². The number of aromatic amines is 1. The molecule has 0 amide bonds. The standard InChI is InChI=1S/C15H8ClFN4O/c16-11-7-8(17)5-6-9(11)13-14-18-15(22)10-3-1-2-4-12(10)21(14)20-19-13/h1-7,20H. The summed E-state index contributed by atoms with van der Waals surface area (Å²) in [5.74, 6) is -0.441. The molecule has 22 heavy (non-hydrogen) atoms. The smallest absolute Gasteiger partial charge is 0.267 e. The molecule has 4 aromatic rings. The topological polar surface area (TPSA) is 63.0 Å². The number of nitrogens with one attached hydrogen (secondary N) is 1. The second-order valence-electron chi connectivity index (χ2n) is 4.78. The molecule has 7 heteroatoms. The van der Waals surface area contributed by atoms with Crippen LogP contribution in [0.2, 0.25) is 5.02 Å². The SMILES string of the molecule is O=c1nc2c(-c3ccc(F)cc3Cl)n[nH]n2c2ccccc12. The van der Waals surface area contributed by atoms with Crippen molar-refractivity contribution in [2.24, 2.45) is 0 Å². The predicted molar refractivity (Wildman–Crippen MR) is 81.5 cm³/mol. The Balaban J connectivity index is 2.11. The molecule has 0 aliphatic rings.